The van der Waals surface area contributed by atoms with Crippen LogP contribution in [0.4, 0.5) is 0 Å². The third-order valence-corrected chi connectivity index (χ3v) is 3.48. The Morgan fingerprint density at radius 1 is 1.45 bits per heavy atom. The largest absolute Gasteiger partial charge is 0.379 e. The molecule has 0 radical (unpaired) electrons. The van der Waals surface area contributed by atoms with E-state index in [1.807, 2.05) is 25.1 Å². The van der Waals surface area contributed by atoms with Crippen LogP contribution in [0.25, 0.3) is 0 Å². The fourth-order valence-corrected chi connectivity index (χ4v) is 2.35. The van der Waals surface area contributed by atoms with Crippen molar-refractivity contribution in [3.05, 3.63) is 29.6 Å². The van der Waals surface area contributed by atoms with E-state index in [2.05, 4.69) is 22.1 Å². The molecule has 0 spiro atoms. The number of pyridine rings is 1. The summed E-state index contributed by atoms with van der Waals surface area (Å²) in [6, 6.07) is 5.90. The Balaban J connectivity index is 1.90. The molecule has 0 saturated carbocycles. The number of nitrogens with zero attached hydrogens (tertiary/aromatic N) is 2. The quantitative estimate of drug-likeness (QED) is 0.881. The first-order valence-electron chi connectivity index (χ1n) is 7.22. The van der Waals surface area contributed by atoms with Gasteiger partial charge in [0, 0.05) is 18.8 Å². The Labute approximate surface area is 120 Å². The van der Waals surface area contributed by atoms with Gasteiger partial charge in [-0.15, -0.1) is 0 Å². The zero-order chi connectivity index (χ0) is 14.4. The molecule has 1 atom stereocenters. The summed E-state index contributed by atoms with van der Waals surface area (Å²) in [5.74, 6) is 0.0575. The molecule has 20 heavy (non-hydrogen) atoms. The van der Waals surface area contributed by atoms with Gasteiger partial charge in [-0.1, -0.05) is 13.0 Å². The second kappa shape index (κ2) is 7.36. The highest BCUT2D eigenvalue weighted by molar-refractivity contribution is 5.78. The average Bonchev–Trinajstić information content (AvgIpc) is 2.46. The minimum atomic E-state index is -0.0107. The minimum absolute atomic E-state index is 0.0107. The topological polar surface area (TPSA) is 54.5 Å². The fourth-order valence-electron chi connectivity index (χ4n) is 2.35. The molecule has 0 aliphatic carbocycles. The Hall–Kier alpha value is -1.46. The molecule has 1 N–H and O–H groups in total. The predicted octanol–water partition coefficient (Wildman–Crippen LogP) is 1.29. The zero-order valence-corrected chi connectivity index (χ0v) is 12.3. The van der Waals surface area contributed by atoms with Gasteiger partial charge in [-0.25, -0.2) is 0 Å². The number of carbonyl (C=O) groups is 1. The molecular weight excluding hydrogens is 254 g/mol. The first kappa shape index (κ1) is 14.9. The molecule has 0 unspecified atom stereocenters. The van der Waals surface area contributed by atoms with Crippen molar-refractivity contribution in [1.29, 1.82) is 0 Å². The lowest BCUT2D eigenvalue weighted by molar-refractivity contribution is -0.124. The summed E-state index contributed by atoms with van der Waals surface area (Å²) in [6.45, 7) is 7.54. The molecule has 1 aromatic heterocycles. The van der Waals surface area contributed by atoms with Crippen LogP contribution in [0.2, 0.25) is 0 Å². The second-order valence-corrected chi connectivity index (χ2v) is 5.12. The van der Waals surface area contributed by atoms with Gasteiger partial charge >= 0.3 is 0 Å². The van der Waals surface area contributed by atoms with E-state index in [-0.39, 0.29) is 11.9 Å². The van der Waals surface area contributed by atoms with Crippen LogP contribution in [0.3, 0.4) is 0 Å². The van der Waals surface area contributed by atoms with Gasteiger partial charge in [0.25, 0.3) is 0 Å². The summed E-state index contributed by atoms with van der Waals surface area (Å²) >= 11 is 0. The highest BCUT2D eigenvalue weighted by Crippen LogP contribution is 2.14. The van der Waals surface area contributed by atoms with Crippen molar-refractivity contribution >= 4 is 5.91 Å². The van der Waals surface area contributed by atoms with Crippen LogP contribution in [0.1, 0.15) is 30.8 Å². The van der Waals surface area contributed by atoms with Crippen LogP contribution >= 0.6 is 0 Å². The van der Waals surface area contributed by atoms with E-state index in [4.69, 9.17) is 4.74 Å². The molecule has 1 saturated heterocycles. The highest BCUT2D eigenvalue weighted by Gasteiger charge is 2.18. The van der Waals surface area contributed by atoms with E-state index >= 15 is 0 Å². The maximum absolute atomic E-state index is 12.1. The van der Waals surface area contributed by atoms with Gasteiger partial charge in [0.05, 0.1) is 31.5 Å². The van der Waals surface area contributed by atoms with Crippen molar-refractivity contribution in [3.8, 4) is 0 Å². The molecule has 110 valence electrons. The van der Waals surface area contributed by atoms with Crippen molar-refractivity contribution in [3.63, 3.8) is 0 Å². The minimum Gasteiger partial charge on any atom is -0.379 e. The number of aryl methyl sites for hydroxylation is 1. The van der Waals surface area contributed by atoms with Gasteiger partial charge in [0.15, 0.2) is 0 Å². The van der Waals surface area contributed by atoms with Crippen LogP contribution in [-0.2, 0) is 9.53 Å². The molecule has 0 aromatic carbocycles. The van der Waals surface area contributed by atoms with E-state index in [0.717, 1.165) is 30.9 Å². The molecule has 2 heterocycles. The van der Waals surface area contributed by atoms with Crippen molar-refractivity contribution in [2.24, 2.45) is 0 Å². The summed E-state index contributed by atoms with van der Waals surface area (Å²) < 4.78 is 5.28. The van der Waals surface area contributed by atoms with E-state index < -0.39 is 0 Å². The summed E-state index contributed by atoms with van der Waals surface area (Å²) in [7, 11) is 0. The van der Waals surface area contributed by atoms with Crippen LogP contribution in [-0.4, -0.2) is 48.6 Å². The number of morpholine rings is 1. The van der Waals surface area contributed by atoms with Gasteiger partial charge in [-0.2, -0.15) is 0 Å². The smallest absolute Gasteiger partial charge is 0.234 e. The maximum atomic E-state index is 12.1. The first-order chi connectivity index (χ1) is 9.69. The molecule has 2 rings (SSSR count). The molecule has 5 nitrogen and oxygen atoms in total. The zero-order valence-electron chi connectivity index (χ0n) is 12.3. The maximum Gasteiger partial charge on any atom is 0.234 e. The standard InChI is InChI=1S/C15H23N3O2/c1-3-13(14-6-4-5-12(2)16-14)17-15(19)11-18-7-9-20-10-8-18/h4-6,13H,3,7-11H2,1-2H3,(H,17,19)/t13-/m1/s1. The lowest BCUT2D eigenvalue weighted by Gasteiger charge is -2.26. The van der Waals surface area contributed by atoms with Crippen LogP contribution < -0.4 is 5.32 Å². The van der Waals surface area contributed by atoms with E-state index in [0.29, 0.717) is 19.8 Å². The van der Waals surface area contributed by atoms with Crippen molar-refractivity contribution in [2.45, 2.75) is 26.3 Å². The molecule has 1 aromatic rings. The van der Waals surface area contributed by atoms with Crippen LogP contribution in [0.15, 0.2) is 18.2 Å². The molecule has 1 amide bonds. The van der Waals surface area contributed by atoms with Gasteiger partial charge in [-0.3, -0.25) is 14.7 Å². The number of nitrogens with one attached hydrogen (secondary N) is 1. The summed E-state index contributed by atoms with van der Waals surface area (Å²) in [5, 5.41) is 3.07. The number of hydrogen-bond donors (Lipinski definition) is 1. The first-order valence-corrected chi connectivity index (χ1v) is 7.22. The SMILES string of the molecule is CC[C@@H](NC(=O)CN1CCOCC1)c1cccc(C)n1. The molecule has 1 aliphatic rings. The molecular formula is C15H23N3O2. The lowest BCUT2D eigenvalue weighted by atomic mass is 10.1. The van der Waals surface area contributed by atoms with Crippen molar-refractivity contribution < 1.29 is 9.53 Å². The number of carbonyl (C=O) groups excluding carboxylic acids is 1. The monoisotopic (exact) mass is 277 g/mol. The van der Waals surface area contributed by atoms with Crippen LogP contribution in [0, 0.1) is 6.92 Å². The van der Waals surface area contributed by atoms with E-state index in [9.17, 15) is 4.79 Å². The third-order valence-electron chi connectivity index (χ3n) is 3.48. The van der Waals surface area contributed by atoms with Crippen LogP contribution in [0.5, 0.6) is 0 Å². The molecule has 1 aliphatic heterocycles. The fraction of sp³-hybridized carbons (Fsp3) is 0.600. The molecule has 5 heteroatoms. The second-order valence-electron chi connectivity index (χ2n) is 5.12. The Kier molecular flexibility index (Phi) is 5.49. The summed E-state index contributed by atoms with van der Waals surface area (Å²) in [4.78, 5) is 18.7. The number of amides is 1. The number of aromatic nitrogens is 1. The normalized spacial score (nSPS) is 17.7. The van der Waals surface area contributed by atoms with Crippen molar-refractivity contribution in [2.75, 3.05) is 32.8 Å². The Morgan fingerprint density at radius 2 is 2.20 bits per heavy atom. The van der Waals surface area contributed by atoms with Gasteiger partial charge in [-0.05, 0) is 25.5 Å². The Morgan fingerprint density at radius 3 is 2.85 bits per heavy atom. The lowest BCUT2D eigenvalue weighted by Crippen LogP contribution is -2.44. The predicted molar refractivity (Wildman–Crippen MR) is 77.4 cm³/mol. The number of ether oxygens (including phenoxy) is 1. The average molecular weight is 277 g/mol. The molecule has 0 bridgehead atoms. The summed E-state index contributed by atoms with van der Waals surface area (Å²) in [6.07, 6.45) is 0.839. The molecule has 1 fully saturated rings. The van der Waals surface area contributed by atoms with Crippen molar-refractivity contribution in [1.82, 2.24) is 15.2 Å². The van der Waals surface area contributed by atoms with Gasteiger partial charge in [0.1, 0.15) is 0 Å². The van der Waals surface area contributed by atoms with Gasteiger partial charge < -0.3 is 10.1 Å². The van der Waals surface area contributed by atoms with E-state index in [1.54, 1.807) is 0 Å². The number of rotatable bonds is 5. The number of hydrogen-bond acceptors (Lipinski definition) is 4. The van der Waals surface area contributed by atoms with E-state index in [1.165, 1.54) is 0 Å². The highest BCUT2D eigenvalue weighted by atomic mass is 16.5. The Bertz CT molecular complexity index is 444. The van der Waals surface area contributed by atoms with Gasteiger partial charge in [0.2, 0.25) is 5.91 Å². The summed E-state index contributed by atoms with van der Waals surface area (Å²) in [5.41, 5.74) is 1.91. The third kappa shape index (κ3) is 4.28.